The summed E-state index contributed by atoms with van der Waals surface area (Å²) in [5, 5.41) is 10.8. The fraction of sp³-hybridized carbons (Fsp3) is 0.0476. The first-order chi connectivity index (χ1) is 12.5. The van der Waals surface area contributed by atoms with Gasteiger partial charge in [-0.1, -0.05) is 35.4 Å². The van der Waals surface area contributed by atoms with Gasteiger partial charge in [0.1, 0.15) is 11.5 Å². The number of pyridine rings is 1. The van der Waals surface area contributed by atoms with Gasteiger partial charge in [-0.2, -0.15) is 0 Å². The topological polar surface area (TPSA) is 63.3 Å². The lowest BCUT2D eigenvalue weighted by Crippen LogP contribution is -2.00. The number of carboxylic acids is 1. The number of carboxylic acid groups (broad SMARTS) is 1. The molecular formula is C21H14ClNO3. The van der Waals surface area contributed by atoms with Crippen LogP contribution >= 0.6 is 11.6 Å². The molecule has 0 aliphatic rings. The highest BCUT2D eigenvalue weighted by Gasteiger charge is 2.16. The van der Waals surface area contributed by atoms with Crippen LogP contribution in [0.15, 0.2) is 65.1 Å². The third-order valence-electron chi connectivity index (χ3n) is 4.19. The van der Waals surface area contributed by atoms with E-state index in [-0.39, 0.29) is 5.56 Å². The summed E-state index contributed by atoms with van der Waals surface area (Å²) < 4.78 is 5.90. The third-order valence-corrected chi connectivity index (χ3v) is 4.52. The van der Waals surface area contributed by atoms with Gasteiger partial charge in [-0.3, -0.25) is 0 Å². The Labute approximate surface area is 154 Å². The molecule has 0 aliphatic heterocycles. The second-order valence-electron chi connectivity index (χ2n) is 6.02. The quantitative estimate of drug-likeness (QED) is 0.498. The molecule has 2 aromatic heterocycles. The van der Waals surface area contributed by atoms with E-state index in [1.807, 2.05) is 43.3 Å². The number of aromatic nitrogens is 1. The third kappa shape index (κ3) is 2.85. The number of rotatable bonds is 3. The second-order valence-corrected chi connectivity index (χ2v) is 6.43. The Balaban J connectivity index is 1.86. The Morgan fingerprint density at radius 3 is 2.58 bits per heavy atom. The van der Waals surface area contributed by atoms with E-state index in [0.717, 1.165) is 11.1 Å². The average molecular weight is 364 g/mol. The standard InChI is InChI=1S/C21H14ClNO3/c1-12-6-7-17-14(10-12)15(21(24)25)11-18(23-17)20-9-8-19(26-20)13-4-2-3-5-16(13)22/h2-11H,1H3,(H,24,25). The number of hydrogen-bond donors (Lipinski definition) is 1. The Hall–Kier alpha value is -3.11. The van der Waals surface area contributed by atoms with Crippen molar-refractivity contribution in [2.24, 2.45) is 0 Å². The summed E-state index contributed by atoms with van der Waals surface area (Å²) >= 11 is 6.22. The summed E-state index contributed by atoms with van der Waals surface area (Å²) in [6, 6.07) is 18.0. The molecule has 0 radical (unpaired) electrons. The lowest BCUT2D eigenvalue weighted by atomic mass is 10.0. The van der Waals surface area contributed by atoms with Crippen molar-refractivity contribution in [2.75, 3.05) is 0 Å². The van der Waals surface area contributed by atoms with Crippen LogP contribution in [0, 0.1) is 6.92 Å². The van der Waals surface area contributed by atoms with Crippen molar-refractivity contribution in [2.45, 2.75) is 6.92 Å². The summed E-state index contributed by atoms with van der Waals surface area (Å²) in [5.41, 5.74) is 3.03. The van der Waals surface area contributed by atoms with Gasteiger partial charge in [0.15, 0.2) is 5.76 Å². The number of aryl methyl sites for hydroxylation is 1. The SMILES string of the molecule is Cc1ccc2nc(-c3ccc(-c4ccccc4Cl)o3)cc(C(=O)O)c2c1. The zero-order chi connectivity index (χ0) is 18.3. The number of halogens is 1. The van der Waals surface area contributed by atoms with E-state index < -0.39 is 5.97 Å². The van der Waals surface area contributed by atoms with E-state index in [2.05, 4.69) is 4.98 Å². The van der Waals surface area contributed by atoms with Crippen molar-refractivity contribution >= 4 is 28.5 Å². The van der Waals surface area contributed by atoms with Crippen molar-refractivity contribution in [3.8, 4) is 22.8 Å². The van der Waals surface area contributed by atoms with E-state index >= 15 is 0 Å². The maximum atomic E-state index is 11.7. The molecule has 26 heavy (non-hydrogen) atoms. The molecule has 4 nitrogen and oxygen atoms in total. The van der Waals surface area contributed by atoms with Gasteiger partial charge in [0.2, 0.25) is 0 Å². The van der Waals surface area contributed by atoms with E-state index in [4.69, 9.17) is 16.0 Å². The molecule has 0 atom stereocenters. The number of aromatic carboxylic acids is 1. The maximum absolute atomic E-state index is 11.7. The molecule has 0 saturated carbocycles. The highest BCUT2D eigenvalue weighted by Crippen LogP contribution is 2.33. The van der Waals surface area contributed by atoms with E-state index in [0.29, 0.717) is 33.1 Å². The molecule has 0 bridgehead atoms. The van der Waals surface area contributed by atoms with Crippen LogP contribution in [-0.4, -0.2) is 16.1 Å². The molecule has 128 valence electrons. The minimum absolute atomic E-state index is 0.199. The summed E-state index contributed by atoms with van der Waals surface area (Å²) in [6.45, 7) is 1.92. The van der Waals surface area contributed by atoms with Gasteiger partial charge in [0, 0.05) is 10.9 Å². The van der Waals surface area contributed by atoms with E-state index in [1.54, 1.807) is 24.3 Å². The Bertz CT molecular complexity index is 1150. The molecule has 4 aromatic rings. The molecular weight excluding hydrogens is 350 g/mol. The van der Waals surface area contributed by atoms with E-state index in [9.17, 15) is 9.90 Å². The monoisotopic (exact) mass is 363 g/mol. The van der Waals surface area contributed by atoms with Gasteiger partial charge >= 0.3 is 5.97 Å². The van der Waals surface area contributed by atoms with Gasteiger partial charge < -0.3 is 9.52 Å². The summed E-state index contributed by atoms with van der Waals surface area (Å²) in [6.07, 6.45) is 0. The molecule has 0 amide bonds. The predicted octanol–water partition coefficient (Wildman–Crippen LogP) is 5.82. The van der Waals surface area contributed by atoms with Crippen molar-refractivity contribution < 1.29 is 14.3 Å². The van der Waals surface area contributed by atoms with Crippen LogP contribution in [0.25, 0.3) is 33.7 Å². The Kier molecular flexibility index (Phi) is 3.98. The zero-order valence-electron chi connectivity index (χ0n) is 13.9. The van der Waals surface area contributed by atoms with Gasteiger partial charge in [0.05, 0.1) is 16.1 Å². The summed E-state index contributed by atoms with van der Waals surface area (Å²) in [7, 11) is 0. The second kappa shape index (κ2) is 6.32. The summed E-state index contributed by atoms with van der Waals surface area (Å²) in [4.78, 5) is 16.3. The highest BCUT2D eigenvalue weighted by atomic mass is 35.5. The molecule has 5 heteroatoms. The van der Waals surface area contributed by atoms with Crippen LogP contribution in [0.4, 0.5) is 0 Å². The normalized spacial score (nSPS) is 11.0. The molecule has 1 N–H and O–H groups in total. The van der Waals surface area contributed by atoms with E-state index in [1.165, 1.54) is 0 Å². The molecule has 0 fully saturated rings. The number of furan rings is 1. The molecule has 0 spiro atoms. The molecule has 0 unspecified atom stereocenters. The van der Waals surface area contributed by atoms with Gasteiger partial charge in [-0.25, -0.2) is 9.78 Å². The lowest BCUT2D eigenvalue weighted by Gasteiger charge is -2.06. The fourth-order valence-electron chi connectivity index (χ4n) is 2.92. The average Bonchev–Trinajstić information content (AvgIpc) is 3.11. The maximum Gasteiger partial charge on any atom is 0.336 e. The smallest absolute Gasteiger partial charge is 0.336 e. The van der Waals surface area contributed by atoms with Crippen molar-refractivity contribution in [3.63, 3.8) is 0 Å². The molecule has 0 aliphatic carbocycles. The zero-order valence-corrected chi connectivity index (χ0v) is 14.6. The first-order valence-corrected chi connectivity index (χ1v) is 8.40. The largest absolute Gasteiger partial charge is 0.478 e. The number of nitrogens with zero attached hydrogens (tertiary/aromatic N) is 1. The number of benzene rings is 2. The van der Waals surface area contributed by atoms with Crippen LogP contribution in [0.2, 0.25) is 5.02 Å². The van der Waals surface area contributed by atoms with Crippen LogP contribution < -0.4 is 0 Å². The molecule has 4 rings (SSSR count). The first kappa shape index (κ1) is 16.4. The predicted molar refractivity (Wildman–Crippen MR) is 102 cm³/mol. The minimum atomic E-state index is -0.998. The van der Waals surface area contributed by atoms with Gasteiger partial charge in [0.25, 0.3) is 0 Å². The molecule has 2 aromatic carbocycles. The lowest BCUT2D eigenvalue weighted by molar-refractivity contribution is 0.0699. The molecule has 2 heterocycles. The summed E-state index contributed by atoms with van der Waals surface area (Å²) in [5.74, 6) is 0.0975. The number of fused-ring (bicyclic) bond motifs is 1. The fourth-order valence-corrected chi connectivity index (χ4v) is 3.15. The Morgan fingerprint density at radius 1 is 1.04 bits per heavy atom. The van der Waals surface area contributed by atoms with Crippen molar-refractivity contribution in [1.82, 2.24) is 4.98 Å². The van der Waals surface area contributed by atoms with Crippen LogP contribution in [0.5, 0.6) is 0 Å². The van der Waals surface area contributed by atoms with Crippen LogP contribution in [0.3, 0.4) is 0 Å². The number of hydrogen-bond acceptors (Lipinski definition) is 3. The van der Waals surface area contributed by atoms with Gasteiger partial charge in [-0.05, 0) is 49.4 Å². The van der Waals surface area contributed by atoms with Crippen LogP contribution in [-0.2, 0) is 0 Å². The Morgan fingerprint density at radius 2 is 1.81 bits per heavy atom. The molecule has 0 saturated heterocycles. The van der Waals surface area contributed by atoms with Gasteiger partial charge in [-0.15, -0.1) is 0 Å². The first-order valence-electron chi connectivity index (χ1n) is 8.03. The van der Waals surface area contributed by atoms with Crippen molar-refractivity contribution in [1.29, 1.82) is 0 Å². The van der Waals surface area contributed by atoms with Crippen molar-refractivity contribution in [3.05, 3.63) is 76.8 Å². The van der Waals surface area contributed by atoms with Crippen LogP contribution in [0.1, 0.15) is 15.9 Å². The minimum Gasteiger partial charge on any atom is -0.478 e. The highest BCUT2D eigenvalue weighted by molar-refractivity contribution is 6.33. The number of carbonyl (C=O) groups is 1.